The number of nitrogens with zero attached hydrogens (tertiary/aromatic N) is 5. The second-order valence-electron chi connectivity index (χ2n) is 4.85. The van der Waals surface area contributed by atoms with Crippen LogP contribution in [0.1, 0.15) is 34.9 Å². The number of H-pyrrole nitrogens is 1. The number of aryl methyl sites for hydroxylation is 1. The number of carbonyl (C=O) groups is 1. The van der Waals surface area contributed by atoms with E-state index >= 15 is 0 Å². The summed E-state index contributed by atoms with van der Waals surface area (Å²) < 4.78 is 1.82. The zero-order chi connectivity index (χ0) is 13.2. The molecule has 1 aliphatic heterocycles. The maximum Gasteiger partial charge on any atom is 0.291 e. The fourth-order valence-electron chi connectivity index (χ4n) is 2.53. The molecule has 0 aromatic carbocycles. The van der Waals surface area contributed by atoms with Crippen molar-refractivity contribution in [3.63, 3.8) is 0 Å². The van der Waals surface area contributed by atoms with Crippen molar-refractivity contribution in [1.29, 1.82) is 0 Å². The number of hydrogen-bond donors (Lipinski definition) is 1. The third-order valence-corrected chi connectivity index (χ3v) is 3.60. The van der Waals surface area contributed by atoms with Crippen molar-refractivity contribution < 1.29 is 4.79 Å². The minimum Gasteiger partial charge on any atom is -0.336 e. The van der Waals surface area contributed by atoms with Crippen LogP contribution >= 0.6 is 0 Å². The molecule has 19 heavy (non-hydrogen) atoms. The van der Waals surface area contributed by atoms with Crippen molar-refractivity contribution in [3.05, 3.63) is 30.1 Å². The van der Waals surface area contributed by atoms with E-state index in [1.165, 1.54) is 11.9 Å². The average molecular weight is 260 g/mol. The van der Waals surface area contributed by atoms with Gasteiger partial charge in [0.15, 0.2) is 0 Å². The second-order valence-corrected chi connectivity index (χ2v) is 4.85. The summed E-state index contributed by atoms with van der Waals surface area (Å²) >= 11 is 0. The van der Waals surface area contributed by atoms with Crippen LogP contribution in [0, 0.1) is 0 Å². The van der Waals surface area contributed by atoms with Crippen molar-refractivity contribution >= 4 is 5.91 Å². The molecule has 1 N–H and O–H groups in total. The first-order chi connectivity index (χ1) is 9.24. The highest BCUT2D eigenvalue weighted by molar-refractivity contribution is 5.90. The first-order valence-corrected chi connectivity index (χ1v) is 6.37. The van der Waals surface area contributed by atoms with Crippen molar-refractivity contribution in [2.24, 2.45) is 7.05 Å². The summed E-state index contributed by atoms with van der Waals surface area (Å²) in [6.07, 6.45) is 7.25. The highest BCUT2D eigenvalue weighted by atomic mass is 16.2. The van der Waals surface area contributed by atoms with E-state index in [1.54, 1.807) is 0 Å². The van der Waals surface area contributed by atoms with E-state index in [9.17, 15) is 4.79 Å². The van der Waals surface area contributed by atoms with Crippen LogP contribution in [0.25, 0.3) is 0 Å². The summed E-state index contributed by atoms with van der Waals surface area (Å²) in [6, 6.07) is 0. The van der Waals surface area contributed by atoms with Crippen molar-refractivity contribution in [2.75, 3.05) is 13.1 Å². The quantitative estimate of drug-likeness (QED) is 0.855. The largest absolute Gasteiger partial charge is 0.336 e. The lowest BCUT2D eigenvalue weighted by atomic mass is 9.91. The minimum atomic E-state index is -0.0675. The zero-order valence-electron chi connectivity index (χ0n) is 10.8. The molecule has 7 heteroatoms. The summed E-state index contributed by atoms with van der Waals surface area (Å²) in [5, 5.41) is 10.5. The Kier molecular flexibility index (Phi) is 3.02. The molecular formula is C12H16N6O. The molecule has 7 nitrogen and oxygen atoms in total. The minimum absolute atomic E-state index is 0.0675. The number of piperidine rings is 1. The maximum absolute atomic E-state index is 12.1. The molecular weight excluding hydrogens is 244 g/mol. The van der Waals surface area contributed by atoms with Crippen LogP contribution in [0.4, 0.5) is 0 Å². The number of rotatable bonds is 2. The first kappa shape index (κ1) is 11.9. The van der Waals surface area contributed by atoms with Crippen LogP contribution in [0.3, 0.4) is 0 Å². The monoisotopic (exact) mass is 260 g/mol. The van der Waals surface area contributed by atoms with Crippen LogP contribution in [0.2, 0.25) is 0 Å². The Balaban J connectivity index is 1.62. The lowest BCUT2D eigenvalue weighted by Gasteiger charge is -2.30. The fourth-order valence-corrected chi connectivity index (χ4v) is 2.53. The molecule has 0 saturated carbocycles. The van der Waals surface area contributed by atoms with E-state index < -0.39 is 0 Å². The van der Waals surface area contributed by atoms with Crippen molar-refractivity contribution in [3.8, 4) is 0 Å². The van der Waals surface area contributed by atoms with E-state index in [0.29, 0.717) is 11.7 Å². The van der Waals surface area contributed by atoms with Crippen LogP contribution in [0.5, 0.6) is 0 Å². The van der Waals surface area contributed by atoms with Gasteiger partial charge in [0.05, 0.1) is 6.20 Å². The van der Waals surface area contributed by atoms with Crippen LogP contribution in [-0.4, -0.2) is 48.9 Å². The molecule has 3 rings (SSSR count). The second kappa shape index (κ2) is 4.83. The molecule has 0 radical (unpaired) electrons. The van der Waals surface area contributed by atoms with Gasteiger partial charge in [0, 0.05) is 26.3 Å². The molecule has 1 saturated heterocycles. The predicted octanol–water partition coefficient (Wildman–Crippen LogP) is 0.558. The van der Waals surface area contributed by atoms with Gasteiger partial charge in [0.1, 0.15) is 6.33 Å². The molecule has 2 aromatic heterocycles. The summed E-state index contributed by atoms with van der Waals surface area (Å²) in [5.74, 6) is 0.745. The van der Waals surface area contributed by atoms with Gasteiger partial charge < -0.3 is 4.90 Å². The molecule has 0 spiro atoms. The zero-order valence-corrected chi connectivity index (χ0v) is 10.8. The number of amides is 1. The standard InChI is InChI=1S/C12H16N6O/c1-17-7-10(6-15-17)9-2-4-18(5-3-9)12(19)11-13-8-14-16-11/h6-9H,2-5H2,1H3,(H,13,14,16). The van der Waals surface area contributed by atoms with Gasteiger partial charge >= 0.3 is 0 Å². The van der Waals surface area contributed by atoms with Gasteiger partial charge in [0.2, 0.25) is 5.82 Å². The third-order valence-electron chi connectivity index (χ3n) is 3.60. The Hall–Kier alpha value is -2.18. The third kappa shape index (κ3) is 2.35. The normalized spacial score (nSPS) is 16.8. The molecule has 100 valence electrons. The Morgan fingerprint density at radius 2 is 2.21 bits per heavy atom. The Bertz CT molecular complexity index is 553. The van der Waals surface area contributed by atoms with Crippen molar-refractivity contribution in [1.82, 2.24) is 29.9 Å². The molecule has 0 atom stereocenters. The molecule has 0 bridgehead atoms. The lowest BCUT2D eigenvalue weighted by molar-refractivity contribution is 0.0701. The van der Waals surface area contributed by atoms with Gasteiger partial charge in [-0.25, -0.2) is 4.98 Å². The SMILES string of the molecule is Cn1cc(C2CCN(C(=O)c3ncn[nH]3)CC2)cn1. The summed E-state index contributed by atoms with van der Waals surface area (Å²) in [4.78, 5) is 17.8. The van der Waals surface area contributed by atoms with Crippen LogP contribution in [0.15, 0.2) is 18.7 Å². The first-order valence-electron chi connectivity index (χ1n) is 6.37. The molecule has 1 aliphatic rings. The maximum atomic E-state index is 12.1. The molecule has 2 aromatic rings. The number of aromatic nitrogens is 5. The molecule has 0 aliphatic carbocycles. The number of aromatic amines is 1. The number of nitrogens with one attached hydrogen (secondary N) is 1. The highest BCUT2D eigenvalue weighted by Gasteiger charge is 2.26. The topological polar surface area (TPSA) is 79.7 Å². The van der Waals surface area contributed by atoms with E-state index in [-0.39, 0.29) is 5.91 Å². The highest BCUT2D eigenvalue weighted by Crippen LogP contribution is 2.27. The van der Waals surface area contributed by atoms with Crippen LogP contribution < -0.4 is 0 Å². The molecule has 3 heterocycles. The number of likely N-dealkylation sites (tertiary alicyclic amines) is 1. The van der Waals surface area contributed by atoms with E-state index in [0.717, 1.165) is 25.9 Å². The number of hydrogen-bond acceptors (Lipinski definition) is 4. The van der Waals surface area contributed by atoms with E-state index in [2.05, 4.69) is 26.5 Å². The predicted molar refractivity (Wildman–Crippen MR) is 67.5 cm³/mol. The van der Waals surface area contributed by atoms with Gasteiger partial charge in [0.25, 0.3) is 5.91 Å². The smallest absolute Gasteiger partial charge is 0.291 e. The Labute approximate surface area is 110 Å². The van der Waals surface area contributed by atoms with Gasteiger partial charge in [-0.05, 0) is 24.3 Å². The van der Waals surface area contributed by atoms with E-state index in [4.69, 9.17) is 0 Å². The van der Waals surface area contributed by atoms with Gasteiger partial charge in [-0.15, -0.1) is 0 Å². The number of carbonyl (C=O) groups excluding carboxylic acids is 1. The summed E-state index contributed by atoms with van der Waals surface area (Å²) in [6.45, 7) is 1.50. The van der Waals surface area contributed by atoms with Gasteiger partial charge in [-0.3, -0.25) is 14.6 Å². The van der Waals surface area contributed by atoms with Gasteiger partial charge in [-0.1, -0.05) is 0 Å². The fraction of sp³-hybridized carbons (Fsp3) is 0.500. The van der Waals surface area contributed by atoms with E-state index in [1.807, 2.05) is 22.8 Å². The Morgan fingerprint density at radius 1 is 1.42 bits per heavy atom. The molecule has 0 unspecified atom stereocenters. The summed E-state index contributed by atoms with van der Waals surface area (Å²) in [5.41, 5.74) is 1.26. The summed E-state index contributed by atoms with van der Waals surface area (Å²) in [7, 11) is 1.92. The average Bonchev–Trinajstić information content (AvgIpc) is 3.09. The lowest BCUT2D eigenvalue weighted by Crippen LogP contribution is -2.38. The Morgan fingerprint density at radius 3 is 2.79 bits per heavy atom. The van der Waals surface area contributed by atoms with Gasteiger partial charge in [-0.2, -0.15) is 10.2 Å². The molecule has 1 amide bonds. The van der Waals surface area contributed by atoms with Crippen LogP contribution in [-0.2, 0) is 7.05 Å². The van der Waals surface area contributed by atoms with Crippen molar-refractivity contribution in [2.45, 2.75) is 18.8 Å². The molecule has 1 fully saturated rings.